The summed E-state index contributed by atoms with van der Waals surface area (Å²) in [4.78, 5) is 0. The van der Waals surface area contributed by atoms with Crippen LogP contribution >= 0.6 is 0 Å². The topological polar surface area (TPSA) is 59.0 Å². The molecule has 0 saturated carbocycles. The molecule has 1 unspecified atom stereocenters. The Morgan fingerprint density at radius 3 is 2.65 bits per heavy atom. The van der Waals surface area contributed by atoms with Crippen molar-refractivity contribution in [3.63, 3.8) is 0 Å². The van der Waals surface area contributed by atoms with Gasteiger partial charge in [0.2, 0.25) is 0 Å². The van der Waals surface area contributed by atoms with Crippen LogP contribution in [-0.4, -0.2) is 6.04 Å². The first-order valence-corrected chi connectivity index (χ1v) is 6.64. The molecule has 0 aliphatic rings. The van der Waals surface area contributed by atoms with Crippen LogP contribution in [0.4, 0.5) is 0 Å². The van der Waals surface area contributed by atoms with Gasteiger partial charge in [-0.2, -0.15) is 5.26 Å². The van der Waals surface area contributed by atoms with E-state index in [2.05, 4.69) is 6.07 Å². The number of rotatable bonds is 5. The second kappa shape index (κ2) is 6.74. The Hall–Kier alpha value is -2.31. The summed E-state index contributed by atoms with van der Waals surface area (Å²) < 4.78 is 5.76. The van der Waals surface area contributed by atoms with Gasteiger partial charge in [-0.3, -0.25) is 0 Å². The molecule has 0 amide bonds. The highest BCUT2D eigenvalue weighted by Gasteiger charge is 2.01. The predicted octanol–water partition coefficient (Wildman–Crippen LogP) is 3.03. The summed E-state index contributed by atoms with van der Waals surface area (Å²) in [5.41, 5.74) is 8.61. The fourth-order valence-corrected chi connectivity index (χ4v) is 2.03. The normalized spacial score (nSPS) is 11.7. The molecule has 0 radical (unpaired) electrons. The summed E-state index contributed by atoms with van der Waals surface area (Å²) in [6, 6.07) is 17.7. The van der Waals surface area contributed by atoms with Gasteiger partial charge in [0.25, 0.3) is 0 Å². The lowest BCUT2D eigenvalue weighted by Gasteiger charge is -2.09. The van der Waals surface area contributed by atoms with Crippen molar-refractivity contribution in [1.29, 1.82) is 5.26 Å². The van der Waals surface area contributed by atoms with Crippen molar-refractivity contribution in [2.45, 2.75) is 26.0 Å². The summed E-state index contributed by atoms with van der Waals surface area (Å²) in [7, 11) is 0. The van der Waals surface area contributed by atoms with E-state index in [4.69, 9.17) is 15.7 Å². The molecule has 102 valence electrons. The Kier molecular flexibility index (Phi) is 4.75. The van der Waals surface area contributed by atoms with Crippen molar-refractivity contribution in [2.75, 3.05) is 0 Å². The molecule has 2 rings (SSSR count). The number of hydrogen-bond acceptors (Lipinski definition) is 3. The molecular formula is C17H18N2O. The average molecular weight is 266 g/mol. The number of ether oxygens (including phenoxy) is 1. The van der Waals surface area contributed by atoms with Crippen LogP contribution in [0.5, 0.6) is 5.75 Å². The first kappa shape index (κ1) is 14.1. The van der Waals surface area contributed by atoms with E-state index in [1.807, 2.05) is 49.4 Å². The van der Waals surface area contributed by atoms with Crippen molar-refractivity contribution in [3.05, 3.63) is 65.2 Å². The minimum Gasteiger partial charge on any atom is -0.489 e. The van der Waals surface area contributed by atoms with Gasteiger partial charge in [-0.15, -0.1) is 0 Å². The molecule has 2 aromatic rings. The highest BCUT2D eigenvalue weighted by Crippen LogP contribution is 2.16. The van der Waals surface area contributed by atoms with E-state index in [1.54, 1.807) is 6.07 Å². The van der Waals surface area contributed by atoms with Crippen molar-refractivity contribution in [1.82, 2.24) is 0 Å². The first-order valence-electron chi connectivity index (χ1n) is 6.64. The van der Waals surface area contributed by atoms with Gasteiger partial charge >= 0.3 is 0 Å². The first-order chi connectivity index (χ1) is 9.67. The smallest absolute Gasteiger partial charge is 0.120 e. The number of nitriles is 1. The Bertz CT molecular complexity index is 614. The lowest BCUT2D eigenvalue weighted by Crippen LogP contribution is -2.17. The van der Waals surface area contributed by atoms with Gasteiger partial charge in [-0.1, -0.05) is 24.3 Å². The predicted molar refractivity (Wildman–Crippen MR) is 79.3 cm³/mol. The average Bonchev–Trinajstić information content (AvgIpc) is 2.45. The maximum Gasteiger partial charge on any atom is 0.120 e. The third-order valence-corrected chi connectivity index (χ3v) is 2.92. The second-order valence-corrected chi connectivity index (χ2v) is 4.93. The van der Waals surface area contributed by atoms with Crippen LogP contribution in [-0.2, 0) is 13.0 Å². The van der Waals surface area contributed by atoms with Crippen LogP contribution in [0.25, 0.3) is 0 Å². The maximum absolute atomic E-state index is 8.86. The molecule has 0 aromatic heterocycles. The zero-order chi connectivity index (χ0) is 14.4. The molecule has 3 heteroatoms. The summed E-state index contributed by atoms with van der Waals surface area (Å²) in [6.45, 7) is 2.44. The van der Waals surface area contributed by atoms with Gasteiger partial charge in [0.15, 0.2) is 0 Å². The molecule has 0 heterocycles. The van der Waals surface area contributed by atoms with Crippen LogP contribution in [0.1, 0.15) is 23.6 Å². The third-order valence-electron chi connectivity index (χ3n) is 2.92. The van der Waals surface area contributed by atoms with Gasteiger partial charge in [0.1, 0.15) is 12.4 Å². The molecule has 0 bridgehead atoms. The maximum atomic E-state index is 8.86. The molecular weight excluding hydrogens is 248 g/mol. The Morgan fingerprint density at radius 2 is 1.90 bits per heavy atom. The lowest BCUT2D eigenvalue weighted by molar-refractivity contribution is 0.306. The fraction of sp³-hybridized carbons (Fsp3) is 0.235. The monoisotopic (exact) mass is 266 g/mol. The lowest BCUT2D eigenvalue weighted by atomic mass is 10.1. The SMILES string of the molecule is CC(N)Cc1cccc(OCc2cccc(C#N)c2)c1. The number of nitrogens with two attached hydrogens (primary N) is 1. The van der Waals surface area contributed by atoms with E-state index in [-0.39, 0.29) is 6.04 Å². The van der Waals surface area contributed by atoms with Gasteiger partial charge < -0.3 is 10.5 Å². The van der Waals surface area contributed by atoms with E-state index < -0.39 is 0 Å². The minimum absolute atomic E-state index is 0.137. The van der Waals surface area contributed by atoms with Crippen molar-refractivity contribution in [3.8, 4) is 11.8 Å². The van der Waals surface area contributed by atoms with Gasteiger partial charge in [0, 0.05) is 6.04 Å². The van der Waals surface area contributed by atoms with Crippen molar-refractivity contribution in [2.24, 2.45) is 5.73 Å². The van der Waals surface area contributed by atoms with E-state index in [0.717, 1.165) is 17.7 Å². The second-order valence-electron chi connectivity index (χ2n) is 4.93. The molecule has 0 aliphatic heterocycles. The van der Waals surface area contributed by atoms with Crippen LogP contribution in [0.2, 0.25) is 0 Å². The largest absolute Gasteiger partial charge is 0.489 e. The Labute approximate surface area is 119 Å². The summed E-state index contributed by atoms with van der Waals surface area (Å²) in [5.74, 6) is 0.825. The quantitative estimate of drug-likeness (QED) is 0.905. The molecule has 2 N–H and O–H groups in total. The standard InChI is InChI=1S/C17H18N2O/c1-13(19)8-14-4-3-7-17(10-14)20-12-16-6-2-5-15(9-16)11-18/h2-7,9-10,13H,8,12,19H2,1H3. The van der Waals surface area contributed by atoms with Gasteiger partial charge in [-0.25, -0.2) is 0 Å². The Morgan fingerprint density at radius 1 is 1.15 bits per heavy atom. The van der Waals surface area contributed by atoms with Gasteiger partial charge in [-0.05, 0) is 48.7 Å². The van der Waals surface area contributed by atoms with E-state index >= 15 is 0 Å². The van der Waals surface area contributed by atoms with E-state index in [0.29, 0.717) is 12.2 Å². The van der Waals surface area contributed by atoms with Crippen LogP contribution in [0.15, 0.2) is 48.5 Å². The molecule has 0 aliphatic carbocycles. The highest BCUT2D eigenvalue weighted by molar-refractivity contribution is 5.33. The minimum atomic E-state index is 0.137. The molecule has 0 saturated heterocycles. The van der Waals surface area contributed by atoms with Crippen LogP contribution in [0, 0.1) is 11.3 Å². The van der Waals surface area contributed by atoms with Crippen LogP contribution in [0.3, 0.4) is 0 Å². The Balaban J connectivity index is 2.01. The van der Waals surface area contributed by atoms with Crippen molar-refractivity contribution < 1.29 is 4.74 Å². The molecule has 3 nitrogen and oxygen atoms in total. The van der Waals surface area contributed by atoms with Crippen LogP contribution < -0.4 is 10.5 Å². The van der Waals surface area contributed by atoms with E-state index in [9.17, 15) is 0 Å². The summed E-state index contributed by atoms with van der Waals surface area (Å²) in [5, 5.41) is 8.86. The van der Waals surface area contributed by atoms with Gasteiger partial charge in [0.05, 0.1) is 11.6 Å². The molecule has 0 spiro atoms. The number of benzene rings is 2. The molecule has 20 heavy (non-hydrogen) atoms. The highest BCUT2D eigenvalue weighted by atomic mass is 16.5. The van der Waals surface area contributed by atoms with Crippen molar-refractivity contribution >= 4 is 0 Å². The molecule has 1 atom stereocenters. The fourth-order valence-electron chi connectivity index (χ4n) is 2.03. The zero-order valence-corrected chi connectivity index (χ0v) is 11.5. The number of hydrogen-bond donors (Lipinski definition) is 1. The third kappa shape index (κ3) is 4.11. The van der Waals surface area contributed by atoms with E-state index in [1.165, 1.54) is 5.56 Å². The molecule has 0 fully saturated rings. The summed E-state index contributed by atoms with van der Waals surface area (Å²) >= 11 is 0. The molecule has 2 aromatic carbocycles. The summed E-state index contributed by atoms with van der Waals surface area (Å²) in [6.07, 6.45) is 0.834. The zero-order valence-electron chi connectivity index (χ0n) is 11.5. The number of nitrogens with zero attached hydrogens (tertiary/aromatic N) is 1.